The third-order valence-corrected chi connectivity index (χ3v) is 4.96. The number of aryl methyl sites for hydroxylation is 3. The number of aromatic nitrogens is 4. The van der Waals surface area contributed by atoms with Crippen LogP contribution in [0.5, 0.6) is 0 Å². The molecule has 0 spiro atoms. The minimum atomic E-state index is -0.0822. The van der Waals surface area contributed by atoms with Gasteiger partial charge in [0.05, 0.1) is 33.1 Å². The fourth-order valence-electron chi connectivity index (χ4n) is 2.07. The first-order chi connectivity index (χ1) is 9.32. The number of rotatable bonds is 3. The van der Waals surface area contributed by atoms with Gasteiger partial charge in [-0.25, -0.2) is 4.68 Å². The second kappa shape index (κ2) is 5.69. The molecule has 0 amide bonds. The molecule has 0 aromatic carbocycles. The minimum Gasteiger partial charge on any atom is -0.272 e. The highest BCUT2D eigenvalue weighted by Crippen LogP contribution is 2.21. The van der Waals surface area contributed by atoms with Gasteiger partial charge in [0.25, 0.3) is 0 Å². The number of carbonyl (C=O) groups is 1. The third-order valence-electron chi connectivity index (χ3n) is 3.27. The molecule has 0 aliphatic rings. The Kier molecular flexibility index (Phi) is 4.34. The normalized spacial score (nSPS) is 11.1. The zero-order valence-electron chi connectivity index (χ0n) is 11.9. The number of halogens is 2. The van der Waals surface area contributed by atoms with Crippen LogP contribution in [0.25, 0.3) is 0 Å². The van der Waals surface area contributed by atoms with Crippen molar-refractivity contribution in [3.8, 4) is 0 Å². The molecule has 0 fully saturated rings. The molecule has 7 heteroatoms. The summed E-state index contributed by atoms with van der Waals surface area (Å²) in [6, 6.07) is 0. The van der Waals surface area contributed by atoms with Gasteiger partial charge in [-0.3, -0.25) is 9.48 Å². The van der Waals surface area contributed by atoms with Gasteiger partial charge in [0.15, 0.2) is 0 Å². The average Bonchev–Trinajstić information content (AvgIpc) is 2.81. The second-order valence-electron chi connectivity index (χ2n) is 4.75. The lowest BCUT2D eigenvalue weighted by molar-refractivity contribution is 0.0876. The second-order valence-corrected chi connectivity index (χ2v) is 5.92. The van der Waals surface area contributed by atoms with Crippen molar-refractivity contribution in [2.75, 3.05) is 0 Å². The predicted molar refractivity (Wildman–Crippen MR) is 81.4 cm³/mol. The van der Waals surface area contributed by atoms with Crippen LogP contribution in [0.3, 0.4) is 0 Å². The molecule has 0 unspecified atom stereocenters. The van der Waals surface area contributed by atoms with E-state index in [2.05, 4.69) is 26.1 Å². The molecule has 2 aromatic rings. The van der Waals surface area contributed by atoms with Crippen LogP contribution in [0.4, 0.5) is 0 Å². The molecule has 5 nitrogen and oxygen atoms in total. The van der Waals surface area contributed by atoms with E-state index >= 15 is 0 Å². The maximum absolute atomic E-state index is 12.2. The molecule has 0 radical (unpaired) electrons. The average molecular weight is 360 g/mol. The lowest BCUT2D eigenvalue weighted by Gasteiger charge is -2.05. The Bertz CT molecular complexity index is 674. The van der Waals surface area contributed by atoms with Gasteiger partial charge in [-0.15, -0.1) is 0 Å². The Balaban J connectivity index is 2.12. The van der Waals surface area contributed by atoms with E-state index in [9.17, 15) is 4.79 Å². The summed E-state index contributed by atoms with van der Waals surface area (Å²) in [7, 11) is 0. The molecule has 2 aromatic heterocycles. The summed E-state index contributed by atoms with van der Waals surface area (Å²) in [4.78, 5) is 12.2. The van der Waals surface area contributed by atoms with Gasteiger partial charge >= 0.3 is 0 Å². The molecule has 20 heavy (non-hydrogen) atoms. The van der Waals surface area contributed by atoms with Crippen molar-refractivity contribution in [1.29, 1.82) is 0 Å². The SMILES string of the molecule is Cc1nn(C(=O)CCn2nc(C)c(Br)c2C)c(C)c1Cl. The number of hydrogen-bond donors (Lipinski definition) is 0. The fraction of sp³-hybridized carbons (Fsp3) is 0.462. The first kappa shape index (κ1) is 15.3. The highest BCUT2D eigenvalue weighted by molar-refractivity contribution is 9.10. The van der Waals surface area contributed by atoms with E-state index < -0.39 is 0 Å². The smallest absolute Gasteiger partial charge is 0.248 e. The molecule has 0 atom stereocenters. The monoisotopic (exact) mass is 358 g/mol. The van der Waals surface area contributed by atoms with Crippen molar-refractivity contribution in [3.05, 3.63) is 32.3 Å². The molecule has 0 N–H and O–H groups in total. The van der Waals surface area contributed by atoms with Crippen LogP contribution in [0.1, 0.15) is 34.0 Å². The molecule has 0 aliphatic carbocycles. The third kappa shape index (κ3) is 2.67. The van der Waals surface area contributed by atoms with Gasteiger partial charge in [-0.2, -0.15) is 10.2 Å². The maximum Gasteiger partial charge on any atom is 0.248 e. The lowest BCUT2D eigenvalue weighted by Crippen LogP contribution is -2.17. The molecule has 0 saturated carbocycles. The maximum atomic E-state index is 12.2. The van der Waals surface area contributed by atoms with E-state index in [-0.39, 0.29) is 5.91 Å². The Labute approximate surface area is 131 Å². The van der Waals surface area contributed by atoms with Crippen LogP contribution in [0.2, 0.25) is 5.02 Å². The van der Waals surface area contributed by atoms with Crippen LogP contribution < -0.4 is 0 Å². The summed E-state index contributed by atoms with van der Waals surface area (Å²) in [6.07, 6.45) is 0.326. The van der Waals surface area contributed by atoms with Crippen LogP contribution in [-0.4, -0.2) is 25.5 Å². The Morgan fingerprint density at radius 2 is 1.80 bits per heavy atom. The summed E-state index contributed by atoms with van der Waals surface area (Å²) in [6.45, 7) is 8.00. The zero-order valence-corrected chi connectivity index (χ0v) is 14.2. The highest BCUT2D eigenvalue weighted by atomic mass is 79.9. The first-order valence-corrected chi connectivity index (χ1v) is 7.44. The van der Waals surface area contributed by atoms with Crippen LogP contribution in [0.15, 0.2) is 4.47 Å². The van der Waals surface area contributed by atoms with Gasteiger partial charge < -0.3 is 0 Å². The van der Waals surface area contributed by atoms with Gasteiger partial charge in [0.2, 0.25) is 5.91 Å². The first-order valence-electron chi connectivity index (χ1n) is 6.27. The Hall–Kier alpha value is -1.14. The van der Waals surface area contributed by atoms with E-state index in [0.29, 0.717) is 29.4 Å². The van der Waals surface area contributed by atoms with Crippen molar-refractivity contribution in [2.24, 2.45) is 0 Å². The highest BCUT2D eigenvalue weighted by Gasteiger charge is 2.16. The largest absolute Gasteiger partial charge is 0.272 e. The molecular weight excluding hydrogens is 344 g/mol. The van der Waals surface area contributed by atoms with Crippen molar-refractivity contribution in [2.45, 2.75) is 40.7 Å². The quantitative estimate of drug-likeness (QED) is 0.843. The number of hydrogen-bond acceptors (Lipinski definition) is 3. The summed E-state index contributed by atoms with van der Waals surface area (Å²) in [5, 5.41) is 9.09. The van der Waals surface area contributed by atoms with Gasteiger partial charge in [0, 0.05) is 12.1 Å². The summed E-state index contributed by atoms with van der Waals surface area (Å²) >= 11 is 9.52. The molecule has 0 bridgehead atoms. The van der Waals surface area contributed by atoms with Crippen molar-refractivity contribution < 1.29 is 4.79 Å². The molecule has 2 heterocycles. The topological polar surface area (TPSA) is 52.7 Å². The molecular formula is C13H16BrClN4O. The van der Waals surface area contributed by atoms with Crippen LogP contribution in [-0.2, 0) is 6.54 Å². The fourth-order valence-corrected chi connectivity index (χ4v) is 2.47. The molecule has 0 saturated heterocycles. The zero-order chi connectivity index (χ0) is 15.0. The van der Waals surface area contributed by atoms with Gasteiger partial charge in [-0.05, 0) is 43.6 Å². The number of nitrogens with zero attached hydrogens (tertiary/aromatic N) is 4. The standard InChI is InChI=1S/C13H16BrClN4O/c1-7-12(14)9(3)18(16-7)6-5-11(20)19-10(4)13(15)8(2)17-19/h5-6H2,1-4H3. The molecule has 0 aliphatic heterocycles. The van der Waals surface area contributed by atoms with E-state index in [0.717, 1.165) is 15.9 Å². The van der Waals surface area contributed by atoms with Gasteiger partial charge in [0.1, 0.15) is 0 Å². The van der Waals surface area contributed by atoms with E-state index in [1.807, 2.05) is 18.5 Å². The van der Waals surface area contributed by atoms with E-state index in [1.165, 1.54) is 4.68 Å². The molecule has 2 rings (SSSR count). The Morgan fingerprint density at radius 1 is 1.15 bits per heavy atom. The van der Waals surface area contributed by atoms with Crippen LogP contribution >= 0.6 is 27.5 Å². The van der Waals surface area contributed by atoms with Crippen molar-refractivity contribution >= 4 is 33.4 Å². The predicted octanol–water partition coefficient (Wildman–Crippen LogP) is 3.46. The minimum absolute atomic E-state index is 0.0822. The lowest BCUT2D eigenvalue weighted by atomic mass is 10.3. The number of carbonyl (C=O) groups excluding carboxylic acids is 1. The molecule has 108 valence electrons. The summed E-state index contributed by atoms with van der Waals surface area (Å²) in [5.41, 5.74) is 3.29. The Morgan fingerprint density at radius 3 is 2.25 bits per heavy atom. The van der Waals surface area contributed by atoms with E-state index in [1.54, 1.807) is 13.8 Å². The summed E-state index contributed by atoms with van der Waals surface area (Å²) < 4.78 is 4.18. The van der Waals surface area contributed by atoms with Crippen molar-refractivity contribution in [1.82, 2.24) is 19.6 Å². The van der Waals surface area contributed by atoms with Crippen LogP contribution in [0, 0.1) is 27.7 Å². The van der Waals surface area contributed by atoms with Gasteiger partial charge in [-0.1, -0.05) is 11.6 Å². The van der Waals surface area contributed by atoms with Crippen molar-refractivity contribution in [3.63, 3.8) is 0 Å². The summed E-state index contributed by atoms with van der Waals surface area (Å²) in [5.74, 6) is -0.0822. The van der Waals surface area contributed by atoms with E-state index in [4.69, 9.17) is 11.6 Å².